The van der Waals surface area contributed by atoms with Gasteiger partial charge in [-0.15, -0.1) is 12.4 Å². The molecule has 1 atom stereocenters. The lowest BCUT2D eigenvalue weighted by Crippen LogP contribution is -2.15. The first-order chi connectivity index (χ1) is 9.45. The lowest BCUT2D eigenvalue weighted by atomic mass is 10.0. The predicted molar refractivity (Wildman–Crippen MR) is 85.6 cm³/mol. The van der Waals surface area contributed by atoms with Gasteiger partial charge in [0.05, 0.1) is 4.90 Å². The van der Waals surface area contributed by atoms with E-state index in [4.69, 9.17) is 0 Å². The molecule has 118 valence electrons. The summed E-state index contributed by atoms with van der Waals surface area (Å²) in [5.41, 5.74) is 0.530. The first-order valence-electron chi connectivity index (χ1n) is 6.76. The number of amides is 1. The van der Waals surface area contributed by atoms with E-state index in [2.05, 4.69) is 10.6 Å². The third-order valence-corrected chi connectivity index (χ3v) is 4.60. The molecule has 5 nitrogen and oxygen atoms in total. The van der Waals surface area contributed by atoms with Gasteiger partial charge >= 0.3 is 0 Å². The Hall–Kier alpha value is -1.11. The number of sulfone groups is 1. The highest BCUT2D eigenvalue weighted by Crippen LogP contribution is 2.17. The summed E-state index contributed by atoms with van der Waals surface area (Å²) < 4.78 is 22.9. The van der Waals surface area contributed by atoms with E-state index in [1.54, 1.807) is 12.1 Å². The minimum atomic E-state index is -3.25. The summed E-state index contributed by atoms with van der Waals surface area (Å²) in [6, 6.07) is 6.34. The number of nitrogens with one attached hydrogen (secondary N) is 2. The summed E-state index contributed by atoms with van der Waals surface area (Å²) >= 11 is 0. The van der Waals surface area contributed by atoms with Crippen LogP contribution in [0.15, 0.2) is 29.2 Å². The van der Waals surface area contributed by atoms with E-state index in [-0.39, 0.29) is 23.2 Å². The van der Waals surface area contributed by atoms with Crippen LogP contribution in [0.3, 0.4) is 0 Å². The van der Waals surface area contributed by atoms with Crippen LogP contribution in [0.1, 0.15) is 19.3 Å². The van der Waals surface area contributed by atoms with Crippen molar-refractivity contribution >= 4 is 33.8 Å². The lowest BCUT2D eigenvalue weighted by molar-refractivity contribution is -0.116. The summed E-state index contributed by atoms with van der Waals surface area (Å²) in [6.45, 7) is 2.01. The molecule has 0 aliphatic carbocycles. The molecule has 1 aromatic carbocycles. The van der Waals surface area contributed by atoms with Crippen molar-refractivity contribution in [3.05, 3.63) is 24.3 Å². The zero-order valence-electron chi connectivity index (χ0n) is 12.0. The van der Waals surface area contributed by atoms with Gasteiger partial charge in [-0.3, -0.25) is 4.79 Å². The summed E-state index contributed by atoms with van der Waals surface area (Å²) in [5.74, 6) is 0.505. The number of halogens is 1. The Labute approximate surface area is 131 Å². The van der Waals surface area contributed by atoms with Crippen molar-refractivity contribution in [1.29, 1.82) is 0 Å². The van der Waals surface area contributed by atoms with Gasteiger partial charge in [-0.2, -0.15) is 0 Å². The van der Waals surface area contributed by atoms with E-state index in [0.29, 0.717) is 18.0 Å². The molecule has 21 heavy (non-hydrogen) atoms. The fourth-order valence-corrected chi connectivity index (χ4v) is 2.99. The van der Waals surface area contributed by atoms with E-state index in [1.165, 1.54) is 12.1 Å². The maximum absolute atomic E-state index is 11.8. The van der Waals surface area contributed by atoms with Crippen molar-refractivity contribution in [3.63, 3.8) is 0 Å². The molecule has 1 fully saturated rings. The minimum Gasteiger partial charge on any atom is -0.326 e. The van der Waals surface area contributed by atoms with Crippen LogP contribution in [0.25, 0.3) is 0 Å². The number of rotatable bonds is 5. The fourth-order valence-electron chi connectivity index (χ4n) is 2.32. The second kappa shape index (κ2) is 7.77. The molecule has 2 N–H and O–H groups in total. The molecule has 1 unspecified atom stereocenters. The Morgan fingerprint density at radius 2 is 2.19 bits per heavy atom. The number of hydrogen-bond acceptors (Lipinski definition) is 4. The molecule has 0 spiro atoms. The average molecular weight is 333 g/mol. The van der Waals surface area contributed by atoms with Crippen LogP contribution in [0.2, 0.25) is 0 Å². The maximum Gasteiger partial charge on any atom is 0.224 e. The molecule has 1 saturated heterocycles. The molecule has 1 heterocycles. The quantitative estimate of drug-likeness (QED) is 0.862. The highest BCUT2D eigenvalue weighted by atomic mass is 35.5. The zero-order valence-corrected chi connectivity index (χ0v) is 13.6. The molecule has 0 bridgehead atoms. The Kier molecular flexibility index (Phi) is 6.64. The van der Waals surface area contributed by atoms with E-state index >= 15 is 0 Å². The molecule has 2 rings (SSSR count). The molecular formula is C14H21ClN2O3S. The summed E-state index contributed by atoms with van der Waals surface area (Å²) in [7, 11) is -3.25. The third-order valence-electron chi connectivity index (χ3n) is 3.49. The zero-order chi connectivity index (χ0) is 14.6. The first-order valence-corrected chi connectivity index (χ1v) is 8.65. The van der Waals surface area contributed by atoms with Crippen molar-refractivity contribution < 1.29 is 13.2 Å². The second-order valence-electron chi connectivity index (χ2n) is 5.25. The van der Waals surface area contributed by atoms with Gasteiger partial charge in [-0.1, -0.05) is 6.07 Å². The summed E-state index contributed by atoms with van der Waals surface area (Å²) in [4.78, 5) is 12.1. The number of anilines is 1. The van der Waals surface area contributed by atoms with Gasteiger partial charge < -0.3 is 10.6 Å². The fraction of sp³-hybridized carbons (Fsp3) is 0.500. The monoisotopic (exact) mass is 332 g/mol. The van der Waals surface area contributed by atoms with Crippen LogP contribution in [0.5, 0.6) is 0 Å². The van der Waals surface area contributed by atoms with Gasteiger partial charge in [0.15, 0.2) is 9.84 Å². The van der Waals surface area contributed by atoms with Gasteiger partial charge in [0, 0.05) is 18.4 Å². The van der Waals surface area contributed by atoms with Crippen molar-refractivity contribution in [2.45, 2.75) is 24.2 Å². The van der Waals surface area contributed by atoms with Crippen LogP contribution >= 0.6 is 12.4 Å². The molecule has 1 aliphatic rings. The molecule has 1 aliphatic heterocycles. The van der Waals surface area contributed by atoms with Crippen molar-refractivity contribution in [2.75, 3.05) is 24.7 Å². The van der Waals surface area contributed by atoms with E-state index in [9.17, 15) is 13.2 Å². The summed E-state index contributed by atoms with van der Waals surface area (Å²) in [6.07, 6.45) is 3.61. The number of hydrogen-bond donors (Lipinski definition) is 2. The van der Waals surface area contributed by atoms with Crippen molar-refractivity contribution in [2.24, 2.45) is 5.92 Å². The predicted octanol–water partition coefficient (Wildman–Crippen LogP) is 1.84. The highest BCUT2D eigenvalue weighted by Gasteiger charge is 2.16. The van der Waals surface area contributed by atoms with Crippen molar-refractivity contribution in [1.82, 2.24) is 5.32 Å². The largest absolute Gasteiger partial charge is 0.326 e. The van der Waals surface area contributed by atoms with E-state index in [0.717, 1.165) is 32.2 Å². The van der Waals surface area contributed by atoms with Crippen LogP contribution in [0, 0.1) is 5.92 Å². The second-order valence-corrected chi connectivity index (χ2v) is 7.26. The van der Waals surface area contributed by atoms with Crippen molar-refractivity contribution in [3.8, 4) is 0 Å². The molecule has 0 aromatic heterocycles. The Bertz CT molecular complexity index is 584. The van der Waals surface area contributed by atoms with Gasteiger partial charge in [-0.25, -0.2) is 8.42 Å². The molecule has 0 radical (unpaired) electrons. The third kappa shape index (κ3) is 5.65. The smallest absolute Gasteiger partial charge is 0.224 e. The lowest BCUT2D eigenvalue weighted by Gasteiger charge is -2.09. The van der Waals surface area contributed by atoms with Gasteiger partial charge in [0.1, 0.15) is 0 Å². The Balaban J connectivity index is 0.00000220. The number of carbonyl (C=O) groups excluding carboxylic acids is 1. The van der Waals surface area contributed by atoms with Crippen LogP contribution in [0.4, 0.5) is 5.69 Å². The Morgan fingerprint density at radius 3 is 2.81 bits per heavy atom. The molecule has 7 heteroatoms. The molecule has 0 saturated carbocycles. The molecule has 1 amide bonds. The van der Waals surface area contributed by atoms with Crippen LogP contribution < -0.4 is 10.6 Å². The molecular weight excluding hydrogens is 312 g/mol. The SMILES string of the molecule is CS(=O)(=O)c1cccc(NC(=O)CCC2CCNC2)c1.Cl. The normalized spacial score (nSPS) is 18.0. The van der Waals surface area contributed by atoms with Gasteiger partial charge in [-0.05, 0) is 50.0 Å². The van der Waals surface area contributed by atoms with E-state index in [1.807, 2.05) is 0 Å². The average Bonchev–Trinajstić information content (AvgIpc) is 2.89. The standard InChI is InChI=1S/C14H20N2O3S.ClH/c1-20(18,19)13-4-2-3-12(9-13)16-14(17)6-5-11-7-8-15-10-11;/h2-4,9,11,15H,5-8,10H2,1H3,(H,16,17);1H. The summed E-state index contributed by atoms with van der Waals surface area (Å²) in [5, 5.41) is 6.03. The first kappa shape index (κ1) is 17.9. The van der Waals surface area contributed by atoms with Crippen LogP contribution in [-0.2, 0) is 14.6 Å². The molecule has 1 aromatic rings. The number of carbonyl (C=O) groups is 1. The van der Waals surface area contributed by atoms with E-state index < -0.39 is 9.84 Å². The van der Waals surface area contributed by atoms with Gasteiger partial charge in [0.25, 0.3) is 0 Å². The Morgan fingerprint density at radius 1 is 1.43 bits per heavy atom. The minimum absolute atomic E-state index is 0. The highest BCUT2D eigenvalue weighted by molar-refractivity contribution is 7.90. The van der Waals surface area contributed by atoms with Gasteiger partial charge in [0.2, 0.25) is 5.91 Å². The number of benzene rings is 1. The van der Waals surface area contributed by atoms with Crippen LogP contribution in [-0.4, -0.2) is 33.7 Å². The topological polar surface area (TPSA) is 75.3 Å². The maximum atomic E-state index is 11.8.